The van der Waals surface area contributed by atoms with Crippen LogP contribution in [0.25, 0.3) is 11.3 Å². The molecule has 0 saturated heterocycles. The van der Waals surface area contributed by atoms with E-state index < -0.39 is 0 Å². The number of likely N-dealkylation sites (N-methyl/N-ethyl adjacent to an activating group) is 1. The van der Waals surface area contributed by atoms with E-state index in [1.807, 2.05) is 62.5 Å². The molecule has 0 aliphatic rings. The van der Waals surface area contributed by atoms with Crippen LogP contribution in [0.3, 0.4) is 0 Å². The maximum Gasteiger partial charge on any atom is 0.255 e. The molecule has 0 bridgehead atoms. The van der Waals surface area contributed by atoms with E-state index in [2.05, 4.69) is 45.4 Å². The number of aromatic nitrogens is 3. The minimum Gasteiger partial charge on any atom is -0.395 e. The molecule has 0 aliphatic carbocycles. The van der Waals surface area contributed by atoms with E-state index in [-0.39, 0.29) is 12.5 Å². The third-order valence-electron chi connectivity index (χ3n) is 7.00. The molecule has 8 nitrogen and oxygen atoms in total. The maximum absolute atomic E-state index is 13.1. The molecule has 0 fully saturated rings. The minimum absolute atomic E-state index is 0.158. The van der Waals surface area contributed by atoms with Gasteiger partial charge >= 0.3 is 0 Å². The first-order valence-electron chi connectivity index (χ1n) is 13.6. The van der Waals surface area contributed by atoms with Gasteiger partial charge in [-0.25, -0.2) is 9.97 Å². The second kappa shape index (κ2) is 13.8. The number of nitrogens with zero attached hydrogens (tertiary/aromatic N) is 4. The van der Waals surface area contributed by atoms with Gasteiger partial charge in [0, 0.05) is 47.6 Å². The Labute approximate surface area is 236 Å². The van der Waals surface area contributed by atoms with Gasteiger partial charge in [0.25, 0.3) is 5.91 Å². The van der Waals surface area contributed by atoms with Crippen LogP contribution >= 0.6 is 0 Å². The van der Waals surface area contributed by atoms with Gasteiger partial charge < -0.3 is 20.6 Å². The molecule has 0 spiro atoms. The summed E-state index contributed by atoms with van der Waals surface area (Å²) < 4.78 is 0. The van der Waals surface area contributed by atoms with Crippen molar-refractivity contribution in [3.63, 3.8) is 0 Å². The Kier molecular flexibility index (Phi) is 9.94. The fraction of sp³-hybridized carbons (Fsp3) is 0.312. The molecule has 40 heavy (non-hydrogen) atoms. The Morgan fingerprint density at radius 2 is 1.85 bits per heavy atom. The highest BCUT2D eigenvalue weighted by Crippen LogP contribution is 2.30. The minimum atomic E-state index is -0.158. The molecule has 2 heterocycles. The first-order chi connectivity index (χ1) is 19.3. The van der Waals surface area contributed by atoms with Gasteiger partial charge in [0.15, 0.2) is 0 Å². The number of aliphatic hydroxyl groups is 1. The zero-order valence-electron chi connectivity index (χ0n) is 23.7. The number of pyridine rings is 1. The third kappa shape index (κ3) is 7.94. The number of aryl methyl sites for hydroxylation is 1. The Morgan fingerprint density at radius 1 is 1.05 bits per heavy atom. The lowest BCUT2D eigenvalue weighted by Gasteiger charge is -2.21. The van der Waals surface area contributed by atoms with Gasteiger partial charge in [0.1, 0.15) is 0 Å². The smallest absolute Gasteiger partial charge is 0.255 e. The predicted molar refractivity (Wildman–Crippen MR) is 161 cm³/mol. The van der Waals surface area contributed by atoms with Gasteiger partial charge in [-0.15, -0.1) is 0 Å². The molecule has 2 aromatic heterocycles. The van der Waals surface area contributed by atoms with Gasteiger partial charge in [-0.2, -0.15) is 0 Å². The van der Waals surface area contributed by atoms with Crippen LogP contribution in [0, 0.1) is 19.8 Å². The molecule has 2 aromatic carbocycles. The van der Waals surface area contributed by atoms with Crippen LogP contribution < -0.4 is 10.6 Å². The van der Waals surface area contributed by atoms with Crippen LogP contribution in [0.2, 0.25) is 0 Å². The van der Waals surface area contributed by atoms with Crippen LogP contribution in [0.4, 0.5) is 17.3 Å². The Bertz CT molecular complexity index is 1410. The van der Waals surface area contributed by atoms with Gasteiger partial charge in [0.05, 0.1) is 12.3 Å². The number of carbonyl (C=O) groups excluding carboxylic acids is 1. The fourth-order valence-electron chi connectivity index (χ4n) is 4.51. The number of benzene rings is 2. The van der Waals surface area contributed by atoms with E-state index in [1.54, 1.807) is 18.6 Å². The average Bonchev–Trinajstić information content (AvgIpc) is 2.95. The Hall–Kier alpha value is -4.14. The molecule has 0 unspecified atom stereocenters. The summed E-state index contributed by atoms with van der Waals surface area (Å²) in [7, 11) is 2.02. The molecule has 0 saturated carbocycles. The van der Waals surface area contributed by atoms with E-state index in [0.29, 0.717) is 29.7 Å². The first-order valence-corrected chi connectivity index (χ1v) is 13.6. The molecule has 1 amide bonds. The monoisotopic (exact) mass is 538 g/mol. The lowest BCUT2D eigenvalue weighted by Crippen LogP contribution is -2.24. The summed E-state index contributed by atoms with van der Waals surface area (Å²) in [6.45, 7) is 8.05. The van der Waals surface area contributed by atoms with Crippen LogP contribution in [0.1, 0.15) is 40.4 Å². The summed E-state index contributed by atoms with van der Waals surface area (Å²) in [4.78, 5) is 28.6. The predicted octanol–water partition coefficient (Wildman–Crippen LogP) is 5.64. The summed E-state index contributed by atoms with van der Waals surface area (Å²) in [6, 6.07) is 17.2. The number of nitrogens with one attached hydrogen (secondary N) is 2. The normalized spacial score (nSPS) is 11.8. The van der Waals surface area contributed by atoms with E-state index in [9.17, 15) is 9.90 Å². The van der Waals surface area contributed by atoms with Crippen molar-refractivity contribution in [1.29, 1.82) is 0 Å². The molecular formula is C32H38N6O2. The molecule has 3 N–H and O–H groups in total. The quantitative estimate of drug-likeness (QED) is 0.214. The highest BCUT2D eigenvalue weighted by molar-refractivity contribution is 6.04. The van der Waals surface area contributed by atoms with Crippen molar-refractivity contribution in [1.82, 2.24) is 19.9 Å². The molecule has 8 heteroatoms. The van der Waals surface area contributed by atoms with Crippen LogP contribution in [-0.2, 0) is 6.42 Å². The molecule has 1 atom stereocenters. The van der Waals surface area contributed by atoms with Gasteiger partial charge in [-0.1, -0.05) is 24.6 Å². The third-order valence-corrected chi connectivity index (χ3v) is 7.00. The van der Waals surface area contributed by atoms with Gasteiger partial charge in [0.2, 0.25) is 5.95 Å². The standard InChI is InChI=1S/C32H38N6O2/c1-22-7-9-25(10-8-22)31(40)35-28-19-27(18-23(2)12-15-38(4)16-17-39)24(3)30(20-28)37-32-34-14-11-29(36-32)26-6-5-13-33-21-26/h5-11,13-14,19-21,23,39H,12,15-18H2,1-4H3,(H,35,40)(H,34,36,37)/t23-/m0/s1. The molecule has 0 radical (unpaired) electrons. The fourth-order valence-corrected chi connectivity index (χ4v) is 4.51. The summed E-state index contributed by atoms with van der Waals surface area (Å²) in [5.74, 6) is 0.714. The number of hydrogen-bond donors (Lipinski definition) is 3. The van der Waals surface area contributed by atoms with Crippen molar-refractivity contribution in [3.8, 4) is 11.3 Å². The summed E-state index contributed by atoms with van der Waals surface area (Å²) in [6.07, 6.45) is 7.07. The molecule has 0 aliphatic heterocycles. The summed E-state index contributed by atoms with van der Waals surface area (Å²) >= 11 is 0. The van der Waals surface area contributed by atoms with Crippen molar-refractivity contribution in [2.75, 3.05) is 37.4 Å². The molecule has 208 valence electrons. The maximum atomic E-state index is 13.1. The van der Waals surface area contributed by atoms with Crippen molar-refractivity contribution >= 4 is 23.2 Å². The highest BCUT2D eigenvalue weighted by Gasteiger charge is 2.15. The topological polar surface area (TPSA) is 103 Å². The van der Waals surface area contributed by atoms with Crippen LogP contribution in [0.15, 0.2) is 73.2 Å². The number of anilines is 3. The van der Waals surface area contributed by atoms with E-state index in [4.69, 9.17) is 4.98 Å². The van der Waals surface area contributed by atoms with E-state index in [1.165, 1.54) is 0 Å². The molecular weight excluding hydrogens is 500 g/mol. The van der Waals surface area contributed by atoms with Crippen molar-refractivity contribution < 1.29 is 9.90 Å². The molecule has 4 aromatic rings. The highest BCUT2D eigenvalue weighted by atomic mass is 16.3. The van der Waals surface area contributed by atoms with E-state index >= 15 is 0 Å². The zero-order chi connectivity index (χ0) is 28.5. The Balaban J connectivity index is 1.61. The van der Waals surface area contributed by atoms with Gasteiger partial charge in [-0.3, -0.25) is 9.78 Å². The van der Waals surface area contributed by atoms with Gasteiger partial charge in [-0.05, 0) is 99.8 Å². The van der Waals surface area contributed by atoms with Crippen LogP contribution in [0.5, 0.6) is 0 Å². The van der Waals surface area contributed by atoms with Crippen molar-refractivity contribution in [2.24, 2.45) is 5.92 Å². The second-order valence-electron chi connectivity index (χ2n) is 10.4. The number of carbonyl (C=O) groups is 1. The van der Waals surface area contributed by atoms with E-state index in [0.717, 1.165) is 53.0 Å². The lowest BCUT2D eigenvalue weighted by molar-refractivity contribution is 0.102. The summed E-state index contributed by atoms with van der Waals surface area (Å²) in [5.41, 5.74) is 7.16. The molecule has 4 rings (SSSR count). The SMILES string of the molecule is Cc1ccc(C(=O)Nc2cc(C[C@@H](C)CCN(C)CCO)c(C)c(Nc3nccc(-c4cccnc4)n3)c2)cc1. The number of aliphatic hydroxyl groups excluding tert-OH is 1. The number of amides is 1. The zero-order valence-corrected chi connectivity index (χ0v) is 23.7. The average molecular weight is 539 g/mol. The first kappa shape index (κ1) is 28.9. The lowest BCUT2D eigenvalue weighted by atomic mass is 9.93. The summed E-state index contributed by atoms with van der Waals surface area (Å²) in [5, 5.41) is 15.7. The largest absolute Gasteiger partial charge is 0.395 e. The van der Waals surface area contributed by atoms with Crippen molar-refractivity contribution in [2.45, 2.75) is 33.6 Å². The number of hydrogen-bond acceptors (Lipinski definition) is 7. The van der Waals surface area contributed by atoms with Crippen molar-refractivity contribution in [3.05, 3.63) is 95.4 Å². The second-order valence-corrected chi connectivity index (χ2v) is 10.4. The Morgan fingerprint density at radius 3 is 2.58 bits per heavy atom. The number of rotatable bonds is 12. The van der Waals surface area contributed by atoms with Crippen LogP contribution in [-0.4, -0.2) is 57.6 Å².